The molecule has 33 heavy (non-hydrogen) atoms. The highest BCUT2D eigenvalue weighted by Gasteiger charge is 2.32. The van der Waals surface area contributed by atoms with Crippen LogP contribution in [0, 0.1) is 20.8 Å². The average molecular weight is 449 g/mol. The molecule has 4 rings (SSSR count). The van der Waals surface area contributed by atoms with Gasteiger partial charge in [0.1, 0.15) is 5.76 Å². The minimum Gasteiger partial charge on any atom is -0.361 e. The molecule has 0 saturated carbocycles. The predicted molar refractivity (Wildman–Crippen MR) is 127 cm³/mol. The molecule has 8 nitrogen and oxygen atoms in total. The number of pyridine rings is 1. The van der Waals surface area contributed by atoms with Crippen LogP contribution in [-0.4, -0.2) is 51.6 Å². The number of piperidine rings is 1. The van der Waals surface area contributed by atoms with E-state index in [1.807, 2.05) is 63.1 Å². The van der Waals surface area contributed by atoms with Gasteiger partial charge < -0.3 is 14.3 Å². The summed E-state index contributed by atoms with van der Waals surface area (Å²) in [5, 5.41) is 4.02. The molecule has 0 aromatic carbocycles. The van der Waals surface area contributed by atoms with Gasteiger partial charge in [-0.3, -0.25) is 9.78 Å². The molecule has 8 heteroatoms. The molecule has 0 bridgehead atoms. The average Bonchev–Trinajstić information content (AvgIpc) is 3.14. The summed E-state index contributed by atoms with van der Waals surface area (Å²) in [4.78, 5) is 31.1. The van der Waals surface area contributed by atoms with Crippen LogP contribution in [0.3, 0.4) is 0 Å². The molecular weight excluding hydrogens is 416 g/mol. The first-order valence-corrected chi connectivity index (χ1v) is 11.5. The lowest BCUT2D eigenvalue weighted by Crippen LogP contribution is -2.39. The molecule has 1 aliphatic heterocycles. The summed E-state index contributed by atoms with van der Waals surface area (Å²) in [6, 6.07) is 1.92. The maximum atomic E-state index is 13.4. The van der Waals surface area contributed by atoms with E-state index in [2.05, 4.69) is 15.1 Å². The number of aromatic nitrogens is 4. The Morgan fingerprint density at radius 2 is 2.00 bits per heavy atom. The van der Waals surface area contributed by atoms with E-state index in [1.165, 1.54) is 0 Å². The zero-order chi connectivity index (χ0) is 23.5. The normalized spacial score (nSPS) is 16.2. The largest absolute Gasteiger partial charge is 0.361 e. The lowest BCUT2D eigenvalue weighted by molar-refractivity contribution is -0.135. The minimum absolute atomic E-state index is 0.0832. The Morgan fingerprint density at radius 3 is 2.70 bits per heavy atom. The molecule has 1 fully saturated rings. The topological polar surface area (TPSA) is 88.3 Å². The van der Waals surface area contributed by atoms with Crippen molar-refractivity contribution < 1.29 is 9.32 Å². The molecule has 0 radical (unpaired) electrons. The molecule has 0 spiro atoms. The van der Waals surface area contributed by atoms with Gasteiger partial charge in [-0.2, -0.15) is 0 Å². The zero-order valence-electron chi connectivity index (χ0n) is 20.1. The van der Waals surface area contributed by atoms with E-state index in [9.17, 15) is 4.79 Å². The Morgan fingerprint density at radius 1 is 1.18 bits per heavy atom. The maximum absolute atomic E-state index is 13.4. The minimum atomic E-state index is -0.0832. The molecule has 1 aliphatic rings. The molecule has 1 atom stereocenters. The van der Waals surface area contributed by atoms with Gasteiger partial charge in [0, 0.05) is 56.8 Å². The van der Waals surface area contributed by atoms with Gasteiger partial charge in [0.25, 0.3) is 0 Å². The predicted octanol–water partition coefficient (Wildman–Crippen LogP) is 4.20. The van der Waals surface area contributed by atoms with E-state index < -0.39 is 0 Å². The van der Waals surface area contributed by atoms with Crippen LogP contribution in [0.25, 0.3) is 11.1 Å². The van der Waals surface area contributed by atoms with Crippen LogP contribution in [0.15, 0.2) is 29.2 Å². The zero-order valence-corrected chi connectivity index (χ0v) is 20.1. The van der Waals surface area contributed by atoms with Crippen LogP contribution < -0.4 is 4.90 Å². The van der Waals surface area contributed by atoms with E-state index >= 15 is 0 Å². The third-order valence-electron chi connectivity index (χ3n) is 6.42. The number of likely N-dealkylation sites (tertiary alicyclic amines) is 1. The van der Waals surface area contributed by atoms with Crippen molar-refractivity contribution in [3.05, 3.63) is 52.9 Å². The number of hydrogen-bond acceptors (Lipinski definition) is 7. The standard InChI is InChI=1S/C25H32N6O2/c1-16-14-26-12-11-19(16)21-15-27-25(30(4)5)28-24(21)22-8-6-7-13-31(22)23(32)10-9-20-17(2)29-33-18(20)3/h11-12,14-15,22H,6-10,13H2,1-5H3/t22-/m1/s1. The lowest BCUT2D eigenvalue weighted by atomic mass is 9.92. The summed E-state index contributed by atoms with van der Waals surface area (Å²) >= 11 is 0. The van der Waals surface area contributed by atoms with Crippen LogP contribution in [0.4, 0.5) is 5.95 Å². The molecular formula is C25H32N6O2. The van der Waals surface area contributed by atoms with Crippen LogP contribution in [0.2, 0.25) is 0 Å². The molecule has 174 valence electrons. The number of hydrogen-bond donors (Lipinski definition) is 0. The van der Waals surface area contributed by atoms with Crippen molar-refractivity contribution in [3.8, 4) is 11.1 Å². The summed E-state index contributed by atoms with van der Waals surface area (Å²) in [5.41, 5.74) is 5.88. The summed E-state index contributed by atoms with van der Waals surface area (Å²) < 4.78 is 5.27. The Labute approximate surface area is 195 Å². The van der Waals surface area contributed by atoms with Gasteiger partial charge in [-0.05, 0) is 63.6 Å². The second-order valence-corrected chi connectivity index (χ2v) is 8.96. The van der Waals surface area contributed by atoms with Gasteiger partial charge in [-0.15, -0.1) is 0 Å². The van der Waals surface area contributed by atoms with Crippen molar-refractivity contribution in [2.24, 2.45) is 0 Å². The van der Waals surface area contributed by atoms with E-state index in [4.69, 9.17) is 9.51 Å². The molecule has 1 amide bonds. The van der Waals surface area contributed by atoms with Gasteiger partial charge in [-0.25, -0.2) is 9.97 Å². The number of nitrogens with zero attached hydrogens (tertiary/aromatic N) is 6. The molecule has 0 unspecified atom stereocenters. The fraction of sp³-hybridized carbons (Fsp3) is 0.480. The number of carbonyl (C=O) groups is 1. The van der Waals surface area contributed by atoms with Crippen LogP contribution in [-0.2, 0) is 11.2 Å². The Balaban J connectivity index is 1.68. The first kappa shape index (κ1) is 22.9. The number of amides is 1. The van der Waals surface area contributed by atoms with Gasteiger partial charge in [0.05, 0.1) is 17.4 Å². The van der Waals surface area contributed by atoms with Gasteiger partial charge in [-0.1, -0.05) is 5.16 Å². The van der Waals surface area contributed by atoms with Gasteiger partial charge >= 0.3 is 0 Å². The summed E-state index contributed by atoms with van der Waals surface area (Å²) in [5.74, 6) is 1.58. The smallest absolute Gasteiger partial charge is 0.225 e. The van der Waals surface area contributed by atoms with Gasteiger partial charge in [0.2, 0.25) is 11.9 Å². The number of anilines is 1. The van der Waals surface area contributed by atoms with Crippen molar-refractivity contribution in [3.63, 3.8) is 0 Å². The highest BCUT2D eigenvalue weighted by atomic mass is 16.5. The molecule has 3 aromatic heterocycles. The Kier molecular flexibility index (Phi) is 6.72. The molecule has 0 aliphatic carbocycles. The van der Waals surface area contributed by atoms with E-state index in [0.717, 1.165) is 65.2 Å². The lowest BCUT2D eigenvalue weighted by Gasteiger charge is -2.36. The van der Waals surface area contributed by atoms with Crippen molar-refractivity contribution in [1.82, 2.24) is 25.0 Å². The molecule has 3 aromatic rings. The number of aryl methyl sites for hydroxylation is 3. The maximum Gasteiger partial charge on any atom is 0.225 e. The van der Waals surface area contributed by atoms with Crippen molar-refractivity contribution in [2.75, 3.05) is 25.5 Å². The van der Waals surface area contributed by atoms with Crippen molar-refractivity contribution in [2.45, 2.75) is 58.9 Å². The van der Waals surface area contributed by atoms with Crippen molar-refractivity contribution >= 4 is 11.9 Å². The van der Waals surface area contributed by atoms with Crippen LogP contribution in [0.1, 0.15) is 60.0 Å². The van der Waals surface area contributed by atoms with Crippen LogP contribution >= 0.6 is 0 Å². The van der Waals surface area contributed by atoms with E-state index in [-0.39, 0.29) is 11.9 Å². The fourth-order valence-corrected chi connectivity index (χ4v) is 4.59. The van der Waals surface area contributed by atoms with E-state index in [0.29, 0.717) is 18.8 Å². The SMILES string of the molecule is Cc1cnccc1-c1cnc(N(C)C)nc1[C@H]1CCCCN1C(=O)CCc1c(C)noc1C. The highest BCUT2D eigenvalue weighted by Crippen LogP contribution is 2.37. The Bertz CT molecular complexity index is 1120. The first-order chi connectivity index (χ1) is 15.9. The monoisotopic (exact) mass is 448 g/mol. The third kappa shape index (κ3) is 4.74. The summed E-state index contributed by atoms with van der Waals surface area (Å²) in [6.45, 7) is 6.60. The highest BCUT2D eigenvalue weighted by molar-refractivity contribution is 5.78. The summed E-state index contributed by atoms with van der Waals surface area (Å²) in [7, 11) is 3.87. The first-order valence-electron chi connectivity index (χ1n) is 11.5. The molecule has 4 heterocycles. The third-order valence-corrected chi connectivity index (χ3v) is 6.42. The van der Waals surface area contributed by atoms with Crippen molar-refractivity contribution in [1.29, 1.82) is 0 Å². The number of carbonyl (C=O) groups excluding carboxylic acids is 1. The Hall–Kier alpha value is -3.29. The quantitative estimate of drug-likeness (QED) is 0.558. The molecule has 1 saturated heterocycles. The number of rotatable bonds is 6. The second-order valence-electron chi connectivity index (χ2n) is 8.96. The van der Waals surface area contributed by atoms with E-state index in [1.54, 1.807) is 6.20 Å². The van der Waals surface area contributed by atoms with Gasteiger partial charge in [0.15, 0.2) is 0 Å². The van der Waals surface area contributed by atoms with Crippen LogP contribution in [0.5, 0.6) is 0 Å². The second kappa shape index (κ2) is 9.68. The molecule has 0 N–H and O–H groups in total. The summed E-state index contributed by atoms with van der Waals surface area (Å²) in [6.07, 6.45) is 9.54. The fourth-order valence-electron chi connectivity index (χ4n) is 4.59.